The van der Waals surface area contributed by atoms with Crippen LogP contribution in [0.3, 0.4) is 0 Å². The maximum absolute atomic E-state index is 2.46. The summed E-state index contributed by atoms with van der Waals surface area (Å²) in [5, 5.41) is 0. The monoisotopic (exact) mass is 266 g/mol. The van der Waals surface area contributed by atoms with E-state index < -0.39 is 0 Å². The van der Waals surface area contributed by atoms with E-state index in [-0.39, 0.29) is 0 Å². The Balaban J connectivity index is 3.94. The zero-order chi connectivity index (χ0) is 14.7. The zero-order valence-corrected chi connectivity index (χ0v) is 14.5. The molecule has 0 nitrogen and oxygen atoms in total. The largest absolute Gasteiger partial charge is 0.0887 e. The van der Waals surface area contributed by atoms with Gasteiger partial charge in [-0.15, -0.1) is 0 Å². The molecule has 0 saturated carbocycles. The van der Waals surface area contributed by atoms with Gasteiger partial charge in [-0.25, -0.2) is 0 Å². The Morgan fingerprint density at radius 1 is 1.00 bits per heavy atom. The predicted molar refractivity (Wildman–Crippen MR) is 89.5 cm³/mol. The van der Waals surface area contributed by atoms with Crippen molar-refractivity contribution in [2.45, 2.75) is 92.9 Å². The van der Waals surface area contributed by atoms with Gasteiger partial charge in [0.1, 0.15) is 0 Å². The Labute approximate surface area is 123 Å². The molecule has 0 aromatic rings. The highest BCUT2D eigenvalue weighted by molar-refractivity contribution is 4.96. The summed E-state index contributed by atoms with van der Waals surface area (Å²) < 4.78 is 0. The second kappa shape index (κ2) is 11.6. The predicted octanol–water partition coefficient (Wildman–Crippen LogP) is 7.00. The summed E-state index contributed by atoms with van der Waals surface area (Å²) in [6.07, 6.45) is 13.4. The number of hydrogen-bond donors (Lipinski definition) is 0. The molecule has 0 radical (unpaired) electrons. The van der Waals surface area contributed by atoms with Gasteiger partial charge in [-0.1, -0.05) is 71.4 Å². The molecule has 0 saturated heterocycles. The van der Waals surface area contributed by atoms with E-state index in [4.69, 9.17) is 0 Å². The van der Waals surface area contributed by atoms with Gasteiger partial charge in [-0.3, -0.25) is 0 Å². The molecule has 3 atom stereocenters. The van der Waals surface area contributed by atoms with Crippen molar-refractivity contribution in [2.75, 3.05) is 0 Å². The standard InChI is InChI=1S/C19H38/c1-7-10-11-12-19(9-3)15-18(6)14-17(5)13-16(4)8-2/h8,17-19H,7,9-15H2,1-6H3. The number of rotatable bonds is 11. The molecule has 0 bridgehead atoms. The molecule has 114 valence electrons. The Bertz CT molecular complexity index is 226. The third kappa shape index (κ3) is 10.2. The topological polar surface area (TPSA) is 0 Å². The van der Waals surface area contributed by atoms with Gasteiger partial charge in [0.05, 0.1) is 0 Å². The van der Waals surface area contributed by atoms with Crippen LogP contribution in [0.4, 0.5) is 0 Å². The summed E-state index contributed by atoms with van der Waals surface area (Å²) in [6, 6.07) is 0. The molecular weight excluding hydrogens is 228 g/mol. The maximum Gasteiger partial charge on any atom is -0.0297 e. The molecule has 0 aliphatic rings. The SMILES string of the molecule is CC=C(C)CC(C)CC(C)CC(CC)CCCCC. The van der Waals surface area contributed by atoms with E-state index >= 15 is 0 Å². The minimum atomic E-state index is 0.847. The molecule has 0 heteroatoms. The van der Waals surface area contributed by atoms with Gasteiger partial charge in [0.2, 0.25) is 0 Å². The van der Waals surface area contributed by atoms with E-state index in [1.165, 1.54) is 51.4 Å². The van der Waals surface area contributed by atoms with Crippen LogP contribution in [0.25, 0.3) is 0 Å². The number of allylic oxidation sites excluding steroid dienone is 2. The van der Waals surface area contributed by atoms with Gasteiger partial charge in [0.25, 0.3) is 0 Å². The van der Waals surface area contributed by atoms with Crippen molar-refractivity contribution < 1.29 is 0 Å². The van der Waals surface area contributed by atoms with Crippen LogP contribution in [0.5, 0.6) is 0 Å². The summed E-state index contributed by atoms with van der Waals surface area (Å²) in [5.74, 6) is 2.71. The molecule has 0 fully saturated rings. The van der Waals surface area contributed by atoms with Gasteiger partial charge in [-0.05, 0) is 50.9 Å². The lowest BCUT2D eigenvalue weighted by Crippen LogP contribution is -2.10. The van der Waals surface area contributed by atoms with E-state index in [1.54, 1.807) is 5.57 Å². The molecule has 0 aromatic heterocycles. The Morgan fingerprint density at radius 2 is 1.68 bits per heavy atom. The van der Waals surface area contributed by atoms with E-state index in [2.05, 4.69) is 47.6 Å². The molecule has 0 spiro atoms. The lowest BCUT2D eigenvalue weighted by molar-refractivity contribution is 0.307. The van der Waals surface area contributed by atoms with E-state index in [1.807, 2.05) is 0 Å². The van der Waals surface area contributed by atoms with Crippen molar-refractivity contribution in [3.8, 4) is 0 Å². The summed E-state index contributed by atoms with van der Waals surface area (Å²) in [6.45, 7) is 14.0. The van der Waals surface area contributed by atoms with Gasteiger partial charge >= 0.3 is 0 Å². The maximum atomic E-state index is 2.46. The van der Waals surface area contributed by atoms with Gasteiger partial charge < -0.3 is 0 Å². The average Bonchev–Trinajstić information content (AvgIpc) is 2.37. The van der Waals surface area contributed by atoms with Crippen molar-refractivity contribution in [2.24, 2.45) is 17.8 Å². The summed E-state index contributed by atoms with van der Waals surface area (Å²) in [7, 11) is 0. The third-order valence-corrected chi connectivity index (χ3v) is 4.50. The average molecular weight is 267 g/mol. The van der Waals surface area contributed by atoms with Gasteiger partial charge in [-0.2, -0.15) is 0 Å². The fraction of sp³-hybridized carbons (Fsp3) is 0.895. The molecule has 0 N–H and O–H groups in total. The van der Waals surface area contributed by atoms with E-state index in [0.717, 1.165) is 17.8 Å². The van der Waals surface area contributed by atoms with Crippen LogP contribution in [-0.4, -0.2) is 0 Å². The van der Waals surface area contributed by atoms with Crippen LogP contribution in [0.15, 0.2) is 11.6 Å². The van der Waals surface area contributed by atoms with Crippen molar-refractivity contribution in [1.82, 2.24) is 0 Å². The summed E-state index contributed by atoms with van der Waals surface area (Å²) in [4.78, 5) is 0. The third-order valence-electron chi connectivity index (χ3n) is 4.50. The van der Waals surface area contributed by atoms with Crippen LogP contribution in [-0.2, 0) is 0 Å². The molecule has 0 rings (SSSR count). The second-order valence-electron chi connectivity index (χ2n) is 6.79. The molecule has 19 heavy (non-hydrogen) atoms. The summed E-state index contributed by atoms with van der Waals surface area (Å²) in [5.41, 5.74) is 1.55. The highest BCUT2D eigenvalue weighted by Gasteiger charge is 2.14. The lowest BCUT2D eigenvalue weighted by Gasteiger charge is -2.22. The van der Waals surface area contributed by atoms with Crippen LogP contribution in [0.1, 0.15) is 92.9 Å². The smallest absolute Gasteiger partial charge is 0.0297 e. The van der Waals surface area contributed by atoms with Crippen LogP contribution in [0.2, 0.25) is 0 Å². The molecule has 0 aromatic carbocycles. The molecule has 3 unspecified atom stereocenters. The van der Waals surface area contributed by atoms with Gasteiger partial charge in [0, 0.05) is 0 Å². The highest BCUT2D eigenvalue weighted by atomic mass is 14.2. The zero-order valence-electron chi connectivity index (χ0n) is 14.5. The van der Waals surface area contributed by atoms with Crippen LogP contribution >= 0.6 is 0 Å². The first-order chi connectivity index (χ1) is 9.03. The van der Waals surface area contributed by atoms with Gasteiger partial charge in [0.15, 0.2) is 0 Å². The van der Waals surface area contributed by atoms with Crippen molar-refractivity contribution in [1.29, 1.82) is 0 Å². The first-order valence-electron chi connectivity index (χ1n) is 8.65. The Hall–Kier alpha value is -0.260. The lowest BCUT2D eigenvalue weighted by atomic mass is 9.84. The molecule has 0 heterocycles. The Kier molecular flexibility index (Phi) is 11.4. The first-order valence-corrected chi connectivity index (χ1v) is 8.65. The van der Waals surface area contributed by atoms with Crippen molar-refractivity contribution >= 4 is 0 Å². The first kappa shape index (κ1) is 18.7. The fourth-order valence-electron chi connectivity index (χ4n) is 3.27. The quantitative estimate of drug-likeness (QED) is 0.279. The highest BCUT2D eigenvalue weighted by Crippen LogP contribution is 2.27. The molecule has 0 aliphatic carbocycles. The van der Waals surface area contributed by atoms with Crippen LogP contribution < -0.4 is 0 Å². The summed E-state index contributed by atoms with van der Waals surface area (Å²) >= 11 is 0. The van der Waals surface area contributed by atoms with Crippen molar-refractivity contribution in [3.05, 3.63) is 11.6 Å². The number of unbranched alkanes of at least 4 members (excludes halogenated alkanes) is 2. The minimum absolute atomic E-state index is 0.847. The fourth-order valence-corrected chi connectivity index (χ4v) is 3.27. The number of hydrogen-bond acceptors (Lipinski definition) is 0. The minimum Gasteiger partial charge on any atom is -0.0887 e. The van der Waals surface area contributed by atoms with E-state index in [9.17, 15) is 0 Å². The molecule has 0 amide bonds. The van der Waals surface area contributed by atoms with Crippen molar-refractivity contribution in [3.63, 3.8) is 0 Å². The molecule has 0 aliphatic heterocycles. The van der Waals surface area contributed by atoms with Crippen LogP contribution in [0, 0.1) is 17.8 Å². The second-order valence-corrected chi connectivity index (χ2v) is 6.79. The molecular formula is C19H38. The Morgan fingerprint density at radius 3 is 2.21 bits per heavy atom. The van der Waals surface area contributed by atoms with E-state index in [0.29, 0.717) is 0 Å². The normalized spacial score (nSPS) is 17.3.